The molecule has 2 saturated heterocycles. The molecule has 0 amide bonds. The molecule has 2 aromatic heterocycles. The van der Waals surface area contributed by atoms with Crippen molar-refractivity contribution in [2.45, 2.75) is 35.4 Å². The fourth-order valence-corrected chi connectivity index (χ4v) is 4.73. The van der Waals surface area contributed by atoms with Crippen LogP contribution in [0, 0.1) is 5.41 Å². The van der Waals surface area contributed by atoms with Gasteiger partial charge >= 0.3 is 0 Å². The SMILES string of the molecule is [2H]C([2H])(O)c1nc(Sc2ccnc(N)c2Cl)cnc1N1CCC2(CC1)COC[C@H]2N. The van der Waals surface area contributed by atoms with Crippen molar-refractivity contribution in [1.29, 1.82) is 0 Å². The van der Waals surface area contributed by atoms with E-state index in [1.165, 1.54) is 24.2 Å². The monoisotopic (exact) mass is 424 g/mol. The van der Waals surface area contributed by atoms with Crippen molar-refractivity contribution >= 4 is 35.0 Å². The van der Waals surface area contributed by atoms with Crippen LogP contribution in [0.1, 0.15) is 21.3 Å². The van der Waals surface area contributed by atoms with Gasteiger partial charge in [0.25, 0.3) is 0 Å². The van der Waals surface area contributed by atoms with E-state index in [2.05, 4.69) is 15.0 Å². The molecule has 4 heterocycles. The molecule has 2 aliphatic heterocycles. The van der Waals surface area contributed by atoms with Gasteiger partial charge in [-0.15, -0.1) is 0 Å². The van der Waals surface area contributed by atoms with Gasteiger partial charge in [0.05, 0.1) is 33.7 Å². The van der Waals surface area contributed by atoms with Crippen LogP contribution < -0.4 is 16.4 Å². The van der Waals surface area contributed by atoms with Crippen molar-refractivity contribution in [2.75, 3.05) is 36.9 Å². The second kappa shape index (κ2) is 8.00. The van der Waals surface area contributed by atoms with Gasteiger partial charge in [-0.25, -0.2) is 15.0 Å². The summed E-state index contributed by atoms with van der Waals surface area (Å²) in [6.45, 7) is -0.172. The topological polar surface area (TPSA) is 123 Å². The maximum Gasteiger partial charge on any atom is 0.152 e. The molecule has 5 N–H and O–H groups in total. The summed E-state index contributed by atoms with van der Waals surface area (Å²) < 4.78 is 21.3. The number of halogens is 1. The average molecular weight is 425 g/mol. The minimum atomic E-state index is -2.65. The number of hydrogen-bond donors (Lipinski definition) is 3. The van der Waals surface area contributed by atoms with Gasteiger partial charge in [0.15, 0.2) is 5.82 Å². The number of aromatic nitrogens is 3. The van der Waals surface area contributed by atoms with Crippen LogP contribution in [0.15, 0.2) is 28.4 Å². The molecule has 10 heteroatoms. The predicted octanol–water partition coefficient (Wildman–Crippen LogP) is 1.69. The molecule has 0 radical (unpaired) electrons. The highest BCUT2D eigenvalue weighted by molar-refractivity contribution is 7.99. The van der Waals surface area contributed by atoms with E-state index in [4.69, 9.17) is 30.5 Å². The Kier molecular flexibility index (Phi) is 4.92. The van der Waals surface area contributed by atoms with E-state index < -0.39 is 6.56 Å². The van der Waals surface area contributed by atoms with Crippen LogP contribution in [0.4, 0.5) is 11.6 Å². The highest BCUT2D eigenvalue weighted by Gasteiger charge is 2.44. The number of piperidine rings is 1. The van der Waals surface area contributed by atoms with Gasteiger partial charge in [-0.2, -0.15) is 0 Å². The molecule has 0 saturated carbocycles. The van der Waals surface area contributed by atoms with Gasteiger partial charge in [0.1, 0.15) is 16.5 Å². The first-order valence-electron chi connectivity index (χ1n) is 9.96. The van der Waals surface area contributed by atoms with Gasteiger partial charge in [-0.1, -0.05) is 23.4 Å². The van der Waals surface area contributed by atoms with Crippen molar-refractivity contribution in [3.8, 4) is 0 Å². The lowest BCUT2D eigenvalue weighted by molar-refractivity contribution is 0.131. The van der Waals surface area contributed by atoms with E-state index in [-0.39, 0.29) is 23.0 Å². The summed E-state index contributed by atoms with van der Waals surface area (Å²) in [5, 5.41) is 10.8. The first kappa shape index (κ1) is 17.2. The number of nitrogens with two attached hydrogens (primary N) is 2. The fraction of sp³-hybridized carbons (Fsp3) is 0.500. The number of rotatable bonds is 4. The van der Waals surface area contributed by atoms with Crippen LogP contribution >= 0.6 is 23.4 Å². The second-order valence-corrected chi connectivity index (χ2v) is 8.51. The summed E-state index contributed by atoms with van der Waals surface area (Å²) in [7, 11) is 0. The van der Waals surface area contributed by atoms with Crippen LogP contribution in [-0.2, 0) is 11.3 Å². The van der Waals surface area contributed by atoms with Crippen molar-refractivity contribution in [3.05, 3.63) is 29.2 Å². The molecule has 4 rings (SSSR count). The van der Waals surface area contributed by atoms with Gasteiger partial charge in [0.2, 0.25) is 0 Å². The number of aliphatic hydroxyl groups is 1. The Morgan fingerprint density at radius 1 is 1.43 bits per heavy atom. The lowest BCUT2D eigenvalue weighted by Crippen LogP contribution is -2.49. The molecule has 2 fully saturated rings. The van der Waals surface area contributed by atoms with Crippen LogP contribution in [0.5, 0.6) is 0 Å². The van der Waals surface area contributed by atoms with Crippen molar-refractivity contribution in [3.63, 3.8) is 0 Å². The van der Waals surface area contributed by atoms with Crippen LogP contribution in [-0.4, -0.2) is 52.4 Å². The minimum Gasteiger partial charge on any atom is -0.390 e. The molecular weight excluding hydrogens is 400 g/mol. The first-order valence-corrected chi connectivity index (χ1v) is 10.1. The summed E-state index contributed by atoms with van der Waals surface area (Å²) in [4.78, 5) is 15.3. The van der Waals surface area contributed by atoms with Crippen LogP contribution in [0.25, 0.3) is 0 Å². The molecule has 0 aliphatic carbocycles. The summed E-state index contributed by atoms with van der Waals surface area (Å²) in [5.74, 6) is 0.523. The largest absolute Gasteiger partial charge is 0.390 e. The van der Waals surface area contributed by atoms with Gasteiger partial charge < -0.3 is 26.2 Å². The minimum absolute atomic E-state index is 0.00538. The Morgan fingerprint density at radius 2 is 2.21 bits per heavy atom. The molecule has 8 nitrogen and oxygen atoms in total. The zero-order valence-corrected chi connectivity index (χ0v) is 16.7. The maximum absolute atomic E-state index is 10.1. The summed E-state index contributed by atoms with van der Waals surface area (Å²) >= 11 is 7.36. The van der Waals surface area contributed by atoms with E-state index in [9.17, 15) is 5.11 Å². The molecule has 1 spiro atoms. The summed E-state index contributed by atoms with van der Waals surface area (Å²) in [6.07, 6.45) is 4.69. The normalized spacial score (nSPS) is 23.0. The number of nitrogens with zero attached hydrogens (tertiary/aromatic N) is 4. The van der Waals surface area contributed by atoms with Crippen LogP contribution in [0.3, 0.4) is 0 Å². The third-order valence-corrected chi connectivity index (χ3v) is 6.94. The molecule has 0 bridgehead atoms. The third-order valence-electron chi connectivity index (χ3n) is 5.46. The molecule has 0 unspecified atom stereocenters. The van der Waals surface area contributed by atoms with Gasteiger partial charge in [0, 0.05) is 35.6 Å². The predicted molar refractivity (Wildman–Crippen MR) is 108 cm³/mol. The fourth-order valence-electron chi connectivity index (χ4n) is 3.71. The Balaban J connectivity index is 1.59. The Morgan fingerprint density at radius 3 is 2.89 bits per heavy atom. The first-order chi connectivity index (χ1) is 14.2. The van der Waals surface area contributed by atoms with Crippen LogP contribution in [0.2, 0.25) is 5.02 Å². The number of hydrogen-bond acceptors (Lipinski definition) is 9. The molecule has 2 aromatic rings. The molecule has 150 valence electrons. The molecule has 1 atom stereocenters. The van der Waals surface area contributed by atoms with E-state index in [1.807, 2.05) is 4.90 Å². The number of anilines is 2. The standard InChI is InChI=1S/C18H23ClN6O2S/c19-15-12(1-4-22-16(15)21)28-14-7-23-17(11(8-26)24-14)25-5-2-18(3-6-25)10-27-9-13(18)20/h1,4,7,13,26H,2-3,5-6,8-10,20H2,(H2,21,22)/t13-/m1/s1/i8D2. The van der Waals surface area contributed by atoms with Gasteiger partial charge in [-0.3, -0.25) is 0 Å². The molecule has 28 heavy (non-hydrogen) atoms. The quantitative estimate of drug-likeness (QED) is 0.672. The molecular formula is C18H23ClN6O2S. The number of nitrogen functional groups attached to an aromatic ring is 1. The van der Waals surface area contributed by atoms with Crippen molar-refractivity contribution in [1.82, 2.24) is 15.0 Å². The Hall–Kier alpha value is -1.65. The number of pyridine rings is 1. The van der Waals surface area contributed by atoms with Crippen molar-refractivity contribution < 1.29 is 12.6 Å². The Labute approximate surface area is 175 Å². The third kappa shape index (κ3) is 3.65. The van der Waals surface area contributed by atoms with Gasteiger partial charge in [-0.05, 0) is 18.9 Å². The smallest absolute Gasteiger partial charge is 0.152 e. The summed E-state index contributed by atoms with van der Waals surface area (Å²) in [5.41, 5.74) is 11.8. The molecule has 0 aromatic carbocycles. The second-order valence-electron chi connectivity index (χ2n) is 7.07. The highest BCUT2D eigenvalue weighted by Crippen LogP contribution is 2.40. The lowest BCUT2D eigenvalue weighted by Gasteiger charge is -2.41. The number of ether oxygens (including phenoxy) is 1. The summed E-state index contributed by atoms with van der Waals surface area (Å²) in [6, 6.07) is 1.69. The molecule has 2 aliphatic rings. The average Bonchev–Trinajstić information content (AvgIpc) is 3.05. The lowest BCUT2D eigenvalue weighted by atomic mass is 9.75. The zero-order valence-electron chi connectivity index (χ0n) is 17.1. The Bertz CT molecular complexity index is 939. The van der Waals surface area contributed by atoms with E-state index in [1.54, 1.807) is 6.07 Å². The highest BCUT2D eigenvalue weighted by atomic mass is 35.5. The van der Waals surface area contributed by atoms with E-state index >= 15 is 0 Å². The zero-order chi connectivity index (χ0) is 21.5. The van der Waals surface area contributed by atoms with E-state index in [0.717, 1.165) is 12.8 Å². The maximum atomic E-state index is 10.1. The van der Waals surface area contributed by atoms with E-state index in [0.29, 0.717) is 47.1 Å². The van der Waals surface area contributed by atoms with Crippen molar-refractivity contribution in [2.24, 2.45) is 11.1 Å².